The number of ether oxygens (including phenoxy) is 2. The van der Waals surface area contributed by atoms with Crippen molar-refractivity contribution in [3.63, 3.8) is 0 Å². The largest absolute Gasteiger partial charge is 0.494 e. The van der Waals surface area contributed by atoms with Crippen LogP contribution in [-0.2, 0) is 14.4 Å². The molecule has 0 radical (unpaired) electrons. The zero-order valence-electron chi connectivity index (χ0n) is 20.1. The van der Waals surface area contributed by atoms with Crippen LogP contribution >= 0.6 is 12.2 Å². The van der Waals surface area contributed by atoms with Crippen molar-refractivity contribution in [2.75, 3.05) is 36.5 Å². The first-order chi connectivity index (χ1) is 16.8. The molecule has 0 aliphatic carbocycles. The average molecular weight is 499 g/mol. The fourth-order valence-corrected chi connectivity index (χ4v) is 4.14. The molecule has 1 fully saturated rings. The van der Waals surface area contributed by atoms with E-state index in [1.54, 1.807) is 53.4 Å². The average Bonchev–Trinajstić information content (AvgIpc) is 3.05. The molecule has 2 N–H and O–H groups in total. The Morgan fingerprint density at radius 2 is 1.54 bits per heavy atom. The molecule has 1 heterocycles. The van der Waals surface area contributed by atoms with Crippen molar-refractivity contribution in [3.05, 3.63) is 48.5 Å². The van der Waals surface area contributed by atoms with Crippen LogP contribution in [0.1, 0.15) is 27.2 Å². The van der Waals surface area contributed by atoms with Gasteiger partial charge in [-0.05, 0) is 74.6 Å². The second-order valence-electron chi connectivity index (χ2n) is 7.78. The van der Waals surface area contributed by atoms with Gasteiger partial charge in [0.15, 0.2) is 5.11 Å². The first-order valence-corrected chi connectivity index (χ1v) is 11.9. The molecule has 0 unspecified atom stereocenters. The number of hydrogen-bond acceptors (Lipinski definition) is 6. The highest BCUT2D eigenvalue weighted by Gasteiger charge is 2.43. The number of benzene rings is 2. The summed E-state index contributed by atoms with van der Waals surface area (Å²) in [5.74, 6) is 0.575. The number of amides is 3. The molecule has 0 bridgehead atoms. The molecule has 0 spiro atoms. The van der Waals surface area contributed by atoms with E-state index >= 15 is 0 Å². The number of carbonyl (C=O) groups excluding carboxylic acids is 3. The summed E-state index contributed by atoms with van der Waals surface area (Å²) in [5, 5.41) is 5.82. The summed E-state index contributed by atoms with van der Waals surface area (Å²) in [6.45, 7) is 6.87. The van der Waals surface area contributed by atoms with Crippen LogP contribution in [0.25, 0.3) is 0 Å². The molecule has 35 heavy (non-hydrogen) atoms. The molecular weight excluding hydrogens is 468 g/mol. The highest BCUT2D eigenvalue weighted by molar-refractivity contribution is 7.80. The van der Waals surface area contributed by atoms with Gasteiger partial charge in [0.1, 0.15) is 17.5 Å². The molecule has 2 aromatic carbocycles. The maximum Gasteiger partial charge on any atom is 0.256 e. The molecule has 1 aliphatic heterocycles. The van der Waals surface area contributed by atoms with Crippen molar-refractivity contribution in [1.29, 1.82) is 0 Å². The summed E-state index contributed by atoms with van der Waals surface area (Å²) in [6.07, 6.45) is -0.0974. The minimum atomic E-state index is -0.800. The number of hydrogen-bond donors (Lipinski definition) is 2. The van der Waals surface area contributed by atoms with Crippen molar-refractivity contribution in [3.8, 4) is 11.5 Å². The van der Waals surface area contributed by atoms with Crippen molar-refractivity contribution in [2.24, 2.45) is 0 Å². The van der Waals surface area contributed by atoms with Gasteiger partial charge in [-0.25, -0.2) is 0 Å². The summed E-state index contributed by atoms with van der Waals surface area (Å²) in [7, 11) is 0. The Labute approximate surface area is 210 Å². The number of rotatable bonds is 11. The first kappa shape index (κ1) is 26.0. The Balaban J connectivity index is 1.76. The van der Waals surface area contributed by atoms with Crippen LogP contribution in [-0.4, -0.2) is 60.1 Å². The van der Waals surface area contributed by atoms with E-state index < -0.39 is 6.04 Å². The fourth-order valence-electron chi connectivity index (χ4n) is 3.72. The molecule has 186 valence electrons. The van der Waals surface area contributed by atoms with Crippen LogP contribution in [0.3, 0.4) is 0 Å². The van der Waals surface area contributed by atoms with E-state index in [1.807, 2.05) is 13.8 Å². The molecule has 9 nitrogen and oxygen atoms in total. The SMILES string of the molecule is CCOc1ccc(NC(=O)C[C@H]2C(=O)N(c3ccc(OCC)cc3)C(=S)N2CCNC(C)=O)cc1. The summed E-state index contributed by atoms with van der Waals surface area (Å²) >= 11 is 5.62. The van der Waals surface area contributed by atoms with E-state index in [0.29, 0.717) is 42.6 Å². The van der Waals surface area contributed by atoms with Gasteiger partial charge in [-0.2, -0.15) is 0 Å². The maximum atomic E-state index is 13.4. The molecular formula is C25H30N4O5S. The topological polar surface area (TPSA) is 100 Å². The van der Waals surface area contributed by atoms with Gasteiger partial charge < -0.3 is 25.0 Å². The summed E-state index contributed by atoms with van der Waals surface area (Å²) in [4.78, 5) is 40.7. The summed E-state index contributed by atoms with van der Waals surface area (Å²) in [5.41, 5.74) is 1.18. The first-order valence-electron chi connectivity index (χ1n) is 11.5. The van der Waals surface area contributed by atoms with Gasteiger partial charge in [-0.1, -0.05) is 0 Å². The van der Waals surface area contributed by atoms with Gasteiger partial charge in [0, 0.05) is 25.7 Å². The molecule has 3 rings (SSSR count). The number of nitrogens with zero attached hydrogens (tertiary/aromatic N) is 2. The third-order valence-electron chi connectivity index (χ3n) is 5.28. The third kappa shape index (κ3) is 6.69. The molecule has 3 amide bonds. The van der Waals surface area contributed by atoms with Gasteiger partial charge in [-0.15, -0.1) is 0 Å². The van der Waals surface area contributed by atoms with Gasteiger partial charge in [0.25, 0.3) is 5.91 Å². The minimum absolute atomic E-state index is 0.0974. The lowest BCUT2D eigenvalue weighted by Gasteiger charge is -2.24. The zero-order chi connectivity index (χ0) is 25.4. The highest BCUT2D eigenvalue weighted by Crippen LogP contribution is 2.29. The Morgan fingerprint density at radius 3 is 2.09 bits per heavy atom. The van der Waals surface area contributed by atoms with Gasteiger partial charge in [-0.3, -0.25) is 19.3 Å². The van der Waals surface area contributed by atoms with Crippen LogP contribution in [0.4, 0.5) is 11.4 Å². The molecule has 1 aliphatic rings. The molecule has 2 aromatic rings. The quantitative estimate of drug-likeness (QED) is 0.460. The lowest BCUT2D eigenvalue weighted by Crippen LogP contribution is -2.42. The second-order valence-corrected chi connectivity index (χ2v) is 8.15. The standard InChI is InChI=1S/C25H30N4O5S/c1-4-33-20-10-6-18(7-11-20)27-23(31)16-22-24(32)29(19-8-12-21(13-9-19)34-5-2)25(35)28(22)15-14-26-17(3)30/h6-13,22H,4-5,14-16H2,1-3H3,(H,26,30)(H,27,31)/t22-/m0/s1. The van der Waals surface area contributed by atoms with Crippen molar-refractivity contribution >= 4 is 46.4 Å². The fraction of sp³-hybridized carbons (Fsp3) is 0.360. The Morgan fingerprint density at radius 1 is 0.971 bits per heavy atom. The lowest BCUT2D eigenvalue weighted by atomic mass is 10.1. The predicted molar refractivity (Wildman–Crippen MR) is 138 cm³/mol. The summed E-state index contributed by atoms with van der Waals surface area (Å²) in [6, 6.07) is 13.3. The third-order valence-corrected chi connectivity index (χ3v) is 5.70. The van der Waals surface area contributed by atoms with Gasteiger partial charge in [0.05, 0.1) is 25.3 Å². The Kier molecular flexibility index (Phi) is 9.02. The monoisotopic (exact) mass is 498 g/mol. The van der Waals surface area contributed by atoms with Crippen LogP contribution < -0.4 is 25.0 Å². The highest BCUT2D eigenvalue weighted by atomic mass is 32.1. The predicted octanol–water partition coefficient (Wildman–Crippen LogP) is 2.95. The van der Waals surface area contributed by atoms with Crippen LogP contribution in [0.5, 0.6) is 11.5 Å². The van der Waals surface area contributed by atoms with E-state index in [1.165, 1.54) is 11.8 Å². The van der Waals surface area contributed by atoms with Crippen molar-refractivity contribution in [1.82, 2.24) is 10.2 Å². The number of anilines is 2. The molecule has 0 aromatic heterocycles. The van der Waals surface area contributed by atoms with Crippen molar-refractivity contribution in [2.45, 2.75) is 33.2 Å². The number of nitrogens with one attached hydrogen (secondary N) is 2. The molecule has 1 saturated heterocycles. The van der Waals surface area contributed by atoms with E-state index in [9.17, 15) is 14.4 Å². The smallest absolute Gasteiger partial charge is 0.256 e. The minimum Gasteiger partial charge on any atom is -0.494 e. The molecule has 1 atom stereocenters. The Hall–Kier alpha value is -3.66. The normalized spacial score (nSPS) is 15.2. The van der Waals surface area contributed by atoms with Gasteiger partial charge >= 0.3 is 0 Å². The molecule has 0 saturated carbocycles. The number of thiocarbonyl (C=S) groups is 1. The zero-order valence-corrected chi connectivity index (χ0v) is 20.9. The van der Waals surface area contributed by atoms with E-state index in [-0.39, 0.29) is 35.8 Å². The van der Waals surface area contributed by atoms with Crippen LogP contribution in [0, 0.1) is 0 Å². The van der Waals surface area contributed by atoms with Crippen LogP contribution in [0.15, 0.2) is 48.5 Å². The molecule has 10 heteroatoms. The second kappa shape index (κ2) is 12.2. The van der Waals surface area contributed by atoms with E-state index in [4.69, 9.17) is 21.7 Å². The maximum absolute atomic E-state index is 13.4. The Bertz CT molecular complexity index is 1060. The van der Waals surface area contributed by atoms with Crippen LogP contribution in [0.2, 0.25) is 0 Å². The number of carbonyl (C=O) groups is 3. The van der Waals surface area contributed by atoms with Crippen molar-refractivity contribution < 1.29 is 23.9 Å². The van der Waals surface area contributed by atoms with E-state index in [0.717, 1.165) is 0 Å². The van der Waals surface area contributed by atoms with E-state index in [2.05, 4.69) is 10.6 Å². The van der Waals surface area contributed by atoms with Gasteiger partial charge in [0.2, 0.25) is 11.8 Å². The summed E-state index contributed by atoms with van der Waals surface area (Å²) < 4.78 is 10.9. The lowest BCUT2D eigenvalue weighted by molar-refractivity contribution is -0.124.